The molecule has 1 rings (SSSR count). The number of nitrogens with one attached hydrogen (secondary N) is 1. The van der Waals surface area contributed by atoms with E-state index in [-0.39, 0.29) is 0 Å². The van der Waals surface area contributed by atoms with Crippen LogP contribution in [0.15, 0.2) is 29.3 Å². The average molecular weight is 278 g/mol. The molecule has 0 spiro atoms. The Morgan fingerprint density at radius 2 is 2.00 bits per heavy atom. The Kier molecular flexibility index (Phi) is 7.69. The molecule has 0 aliphatic rings. The maximum Gasteiger partial charge on any atom is 0.193 e. The number of anilines is 1. The zero-order valence-corrected chi connectivity index (χ0v) is 12.7. The molecule has 0 radical (unpaired) electrons. The van der Waals surface area contributed by atoms with Gasteiger partial charge in [0.15, 0.2) is 5.96 Å². The summed E-state index contributed by atoms with van der Waals surface area (Å²) >= 11 is 0. The van der Waals surface area contributed by atoms with E-state index in [4.69, 9.17) is 10.5 Å². The molecule has 5 heteroatoms. The molecule has 0 aliphatic carbocycles. The molecule has 0 fully saturated rings. The monoisotopic (exact) mass is 278 g/mol. The third-order valence-corrected chi connectivity index (χ3v) is 3.08. The first-order valence-corrected chi connectivity index (χ1v) is 6.99. The summed E-state index contributed by atoms with van der Waals surface area (Å²) in [5, 5.41) is 3.09. The molecule has 0 heterocycles. The number of aliphatic imine (C=N–C) groups is 1. The highest BCUT2D eigenvalue weighted by Gasteiger charge is 1.98. The van der Waals surface area contributed by atoms with Crippen LogP contribution in [-0.2, 0) is 11.2 Å². The number of nitrogens with zero attached hydrogens (tertiary/aromatic N) is 2. The number of hydrogen-bond donors (Lipinski definition) is 2. The quantitative estimate of drug-likeness (QED) is 0.559. The number of rotatable bonds is 8. The van der Waals surface area contributed by atoms with Gasteiger partial charge in [0.05, 0.1) is 13.2 Å². The minimum atomic E-state index is 0.453. The Morgan fingerprint density at radius 1 is 1.30 bits per heavy atom. The number of benzene rings is 1. The Labute approximate surface area is 121 Å². The zero-order chi connectivity index (χ0) is 14.8. The van der Waals surface area contributed by atoms with E-state index in [0.717, 1.165) is 31.8 Å². The van der Waals surface area contributed by atoms with E-state index in [0.29, 0.717) is 12.5 Å². The average Bonchev–Trinajstić information content (AvgIpc) is 2.46. The fraction of sp³-hybridized carbons (Fsp3) is 0.533. The lowest BCUT2D eigenvalue weighted by molar-refractivity contribution is 0.163. The van der Waals surface area contributed by atoms with Crippen molar-refractivity contribution in [1.82, 2.24) is 4.90 Å². The SMILES string of the molecule is CCc1ccc(NC(N)=NCCN(C)CCOC)cc1. The summed E-state index contributed by atoms with van der Waals surface area (Å²) in [5.41, 5.74) is 8.14. The van der Waals surface area contributed by atoms with Crippen molar-refractivity contribution in [1.29, 1.82) is 0 Å². The van der Waals surface area contributed by atoms with Gasteiger partial charge in [-0.2, -0.15) is 0 Å². The summed E-state index contributed by atoms with van der Waals surface area (Å²) < 4.78 is 5.02. The van der Waals surface area contributed by atoms with Crippen molar-refractivity contribution in [2.24, 2.45) is 10.7 Å². The lowest BCUT2D eigenvalue weighted by Crippen LogP contribution is -2.28. The maximum absolute atomic E-state index is 5.86. The molecular weight excluding hydrogens is 252 g/mol. The lowest BCUT2D eigenvalue weighted by atomic mass is 10.1. The van der Waals surface area contributed by atoms with Gasteiger partial charge in [-0.15, -0.1) is 0 Å². The molecule has 0 unspecified atom stereocenters. The molecule has 0 bridgehead atoms. The first kappa shape index (κ1) is 16.5. The molecule has 5 nitrogen and oxygen atoms in total. The van der Waals surface area contributed by atoms with Crippen molar-refractivity contribution in [3.63, 3.8) is 0 Å². The smallest absolute Gasteiger partial charge is 0.193 e. The third kappa shape index (κ3) is 6.54. The third-order valence-electron chi connectivity index (χ3n) is 3.08. The van der Waals surface area contributed by atoms with E-state index in [1.54, 1.807) is 7.11 Å². The molecule has 20 heavy (non-hydrogen) atoms. The molecule has 0 atom stereocenters. The number of aryl methyl sites for hydroxylation is 1. The van der Waals surface area contributed by atoms with Crippen molar-refractivity contribution in [2.45, 2.75) is 13.3 Å². The number of guanidine groups is 1. The Balaban J connectivity index is 2.33. The lowest BCUT2D eigenvalue weighted by Gasteiger charge is -2.14. The summed E-state index contributed by atoms with van der Waals surface area (Å²) in [7, 11) is 3.75. The van der Waals surface area contributed by atoms with Crippen LogP contribution in [0.4, 0.5) is 5.69 Å². The Bertz CT molecular complexity index is 403. The number of likely N-dealkylation sites (N-methyl/N-ethyl adjacent to an activating group) is 1. The van der Waals surface area contributed by atoms with E-state index in [9.17, 15) is 0 Å². The molecule has 1 aromatic carbocycles. The van der Waals surface area contributed by atoms with Crippen LogP contribution in [0.3, 0.4) is 0 Å². The fourth-order valence-corrected chi connectivity index (χ4v) is 1.71. The van der Waals surface area contributed by atoms with Crippen LogP contribution in [0.25, 0.3) is 0 Å². The van der Waals surface area contributed by atoms with Gasteiger partial charge in [0.25, 0.3) is 0 Å². The predicted molar refractivity (Wildman–Crippen MR) is 85.3 cm³/mol. The minimum Gasteiger partial charge on any atom is -0.383 e. The van der Waals surface area contributed by atoms with E-state index < -0.39 is 0 Å². The summed E-state index contributed by atoms with van der Waals surface area (Å²) in [4.78, 5) is 6.47. The summed E-state index contributed by atoms with van der Waals surface area (Å²) in [5.74, 6) is 0.453. The van der Waals surface area contributed by atoms with Gasteiger partial charge in [-0.1, -0.05) is 19.1 Å². The highest BCUT2D eigenvalue weighted by Crippen LogP contribution is 2.09. The van der Waals surface area contributed by atoms with Gasteiger partial charge in [0.1, 0.15) is 0 Å². The molecular formula is C15H26N4O. The molecule has 0 aliphatic heterocycles. The normalized spacial score (nSPS) is 11.9. The van der Waals surface area contributed by atoms with Gasteiger partial charge in [-0.3, -0.25) is 4.99 Å². The van der Waals surface area contributed by atoms with E-state index in [1.807, 2.05) is 19.2 Å². The van der Waals surface area contributed by atoms with Gasteiger partial charge in [0, 0.05) is 25.9 Å². The first-order chi connectivity index (χ1) is 9.65. The molecule has 0 saturated carbocycles. The number of nitrogens with two attached hydrogens (primary N) is 1. The summed E-state index contributed by atoms with van der Waals surface area (Å²) in [6.45, 7) is 5.31. The van der Waals surface area contributed by atoms with Gasteiger partial charge in [-0.25, -0.2) is 0 Å². The zero-order valence-electron chi connectivity index (χ0n) is 12.7. The maximum atomic E-state index is 5.86. The van der Waals surface area contributed by atoms with Crippen LogP contribution >= 0.6 is 0 Å². The molecule has 112 valence electrons. The largest absolute Gasteiger partial charge is 0.383 e. The first-order valence-electron chi connectivity index (χ1n) is 6.99. The van der Waals surface area contributed by atoms with Gasteiger partial charge < -0.3 is 20.7 Å². The second-order valence-corrected chi connectivity index (χ2v) is 4.74. The van der Waals surface area contributed by atoms with Crippen LogP contribution < -0.4 is 11.1 Å². The van der Waals surface area contributed by atoms with Crippen LogP contribution in [0.1, 0.15) is 12.5 Å². The Hall–Kier alpha value is -1.59. The van der Waals surface area contributed by atoms with Gasteiger partial charge >= 0.3 is 0 Å². The molecule has 1 aromatic rings. The summed E-state index contributed by atoms with van der Waals surface area (Å²) in [6.07, 6.45) is 1.04. The molecule has 0 saturated heterocycles. The van der Waals surface area contributed by atoms with Gasteiger partial charge in [0.2, 0.25) is 0 Å². The molecule has 0 aromatic heterocycles. The number of methoxy groups -OCH3 is 1. The van der Waals surface area contributed by atoms with Crippen molar-refractivity contribution < 1.29 is 4.74 Å². The molecule has 0 amide bonds. The predicted octanol–water partition coefficient (Wildman–Crippen LogP) is 1.55. The van der Waals surface area contributed by atoms with Crippen LogP contribution in [-0.4, -0.2) is 51.3 Å². The summed E-state index contributed by atoms with van der Waals surface area (Å²) in [6, 6.07) is 8.22. The highest BCUT2D eigenvalue weighted by atomic mass is 16.5. The topological polar surface area (TPSA) is 62.9 Å². The minimum absolute atomic E-state index is 0.453. The highest BCUT2D eigenvalue weighted by molar-refractivity contribution is 5.92. The second kappa shape index (κ2) is 9.34. The van der Waals surface area contributed by atoms with E-state index in [1.165, 1.54) is 5.56 Å². The molecule has 3 N–H and O–H groups in total. The second-order valence-electron chi connectivity index (χ2n) is 4.74. The van der Waals surface area contributed by atoms with Gasteiger partial charge in [-0.05, 0) is 31.2 Å². The number of ether oxygens (including phenoxy) is 1. The van der Waals surface area contributed by atoms with Crippen molar-refractivity contribution in [3.05, 3.63) is 29.8 Å². The Morgan fingerprint density at radius 3 is 2.60 bits per heavy atom. The fourth-order valence-electron chi connectivity index (χ4n) is 1.71. The number of hydrogen-bond acceptors (Lipinski definition) is 3. The standard InChI is InChI=1S/C15H26N4O/c1-4-13-5-7-14(8-6-13)18-15(16)17-9-10-19(2)11-12-20-3/h5-8H,4,9-12H2,1-3H3,(H3,16,17,18). The van der Waals surface area contributed by atoms with Crippen molar-refractivity contribution in [2.75, 3.05) is 45.7 Å². The van der Waals surface area contributed by atoms with Crippen molar-refractivity contribution >= 4 is 11.6 Å². The van der Waals surface area contributed by atoms with Crippen LogP contribution in [0.2, 0.25) is 0 Å². The van der Waals surface area contributed by atoms with Crippen LogP contribution in [0, 0.1) is 0 Å². The van der Waals surface area contributed by atoms with Crippen LogP contribution in [0.5, 0.6) is 0 Å². The van der Waals surface area contributed by atoms with E-state index in [2.05, 4.69) is 34.3 Å². The van der Waals surface area contributed by atoms with Crippen molar-refractivity contribution in [3.8, 4) is 0 Å². The van der Waals surface area contributed by atoms with E-state index >= 15 is 0 Å².